The minimum absolute atomic E-state index is 0.117. The van der Waals surface area contributed by atoms with Crippen LogP contribution in [0.15, 0.2) is 29.2 Å². The van der Waals surface area contributed by atoms with E-state index in [9.17, 15) is 8.42 Å². The van der Waals surface area contributed by atoms with E-state index in [1.54, 1.807) is 12.1 Å². The molecular formula is C15H23N3O2S. The maximum Gasteiger partial charge on any atom is 0.242 e. The highest BCUT2D eigenvalue weighted by Gasteiger charge is 2.35. The van der Waals surface area contributed by atoms with E-state index in [4.69, 9.17) is 5.73 Å². The molecule has 1 heterocycles. The molecule has 1 aliphatic carbocycles. The summed E-state index contributed by atoms with van der Waals surface area (Å²) in [7, 11) is -3.45. The first-order valence-electron chi connectivity index (χ1n) is 7.61. The van der Waals surface area contributed by atoms with E-state index in [1.165, 1.54) is 0 Å². The normalized spacial score (nSPS) is 26.3. The Morgan fingerprint density at radius 3 is 2.67 bits per heavy atom. The number of benzene rings is 1. The molecule has 0 bridgehead atoms. The van der Waals surface area contributed by atoms with Gasteiger partial charge in [0.05, 0.1) is 5.69 Å². The maximum absolute atomic E-state index is 12.6. The molecule has 2 atom stereocenters. The van der Waals surface area contributed by atoms with E-state index in [0.29, 0.717) is 17.4 Å². The Hall–Kier alpha value is -1.11. The molecule has 3 rings (SSSR count). The van der Waals surface area contributed by atoms with Gasteiger partial charge in [-0.05, 0) is 37.3 Å². The van der Waals surface area contributed by atoms with Gasteiger partial charge in [-0.15, -0.1) is 0 Å². The summed E-state index contributed by atoms with van der Waals surface area (Å²) >= 11 is 0. The molecule has 1 saturated heterocycles. The molecule has 5 nitrogen and oxygen atoms in total. The Morgan fingerprint density at radius 1 is 1.29 bits per heavy atom. The molecule has 2 unspecified atom stereocenters. The lowest BCUT2D eigenvalue weighted by molar-refractivity contribution is 0.517. The van der Waals surface area contributed by atoms with Gasteiger partial charge in [-0.2, -0.15) is 0 Å². The highest BCUT2D eigenvalue weighted by molar-refractivity contribution is 7.89. The molecule has 2 aliphatic rings. The number of nitrogens with zero attached hydrogens (tertiary/aromatic N) is 1. The second-order valence-electron chi connectivity index (χ2n) is 6.13. The zero-order valence-corrected chi connectivity index (χ0v) is 13.1. The summed E-state index contributed by atoms with van der Waals surface area (Å²) in [6.45, 7) is 3.59. The van der Waals surface area contributed by atoms with Crippen molar-refractivity contribution in [3.05, 3.63) is 24.3 Å². The van der Waals surface area contributed by atoms with Crippen LogP contribution in [0.5, 0.6) is 0 Å². The largest absolute Gasteiger partial charge is 0.366 e. The van der Waals surface area contributed by atoms with Crippen molar-refractivity contribution in [3.8, 4) is 0 Å². The van der Waals surface area contributed by atoms with Crippen molar-refractivity contribution in [3.63, 3.8) is 0 Å². The second-order valence-corrected chi connectivity index (χ2v) is 7.81. The average molecular weight is 309 g/mol. The summed E-state index contributed by atoms with van der Waals surface area (Å²) in [5, 5.41) is 0. The number of rotatable bonds is 5. The van der Waals surface area contributed by atoms with E-state index in [2.05, 4.69) is 16.5 Å². The summed E-state index contributed by atoms with van der Waals surface area (Å²) in [5.74, 6) is 0.488. The Labute approximate surface area is 126 Å². The first-order valence-corrected chi connectivity index (χ1v) is 9.09. The van der Waals surface area contributed by atoms with Crippen molar-refractivity contribution < 1.29 is 8.42 Å². The molecule has 1 aromatic rings. The molecule has 1 aliphatic heterocycles. The second kappa shape index (κ2) is 5.59. The monoisotopic (exact) mass is 309 g/mol. The Morgan fingerprint density at radius 2 is 2.00 bits per heavy atom. The number of nitrogens with one attached hydrogen (secondary N) is 1. The number of para-hydroxylation sites is 1. The highest BCUT2D eigenvalue weighted by Crippen LogP contribution is 2.34. The fraction of sp³-hybridized carbons (Fsp3) is 0.600. The van der Waals surface area contributed by atoms with E-state index in [0.717, 1.165) is 31.5 Å². The fourth-order valence-corrected chi connectivity index (χ4v) is 4.59. The van der Waals surface area contributed by atoms with Gasteiger partial charge in [-0.25, -0.2) is 13.1 Å². The number of sulfonamides is 1. The third-order valence-electron chi connectivity index (χ3n) is 4.49. The summed E-state index contributed by atoms with van der Waals surface area (Å²) in [6.07, 6.45) is 2.92. The highest BCUT2D eigenvalue weighted by atomic mass is 32.2. The summed E-state index contributed by atoms with van der Waals surface area (Å²) in [4.78, 5) is 2.54. The Kier molecular flexibility index (Phi) is 3.94. The molecule has 0 amide bonds. The number of hydrogen-bond donors (Lipinski definition) is 2. The summed E-state index contributed by atoms with van der Waals surface area (Å²) < 4.78 is 27.9. The first kappa shape index (κ1) is 14.8. The third-order valence-corrected chi connectivity index (χ3v) is 6.06. The molecule has 1 aromatic carbocycles. The lowest BCUT2D eigenvalue weighted by atomic mass is 10.0. The predicted molar refractivity (Wildman–Crippen MR) is 83.8 cm³/mol. The standard InChI is InChI=1S/C15H23N3O2S/c1-11-8-9-18(14(11)10-16)13-4-2-3-5-15(13)21(19,20)17-12-6-7-12/h2-5,11-12,14,17H,6-10,16H2,1H3. The third kappa shape index (κ3) is 2.93. The van der Waals surface area contributed by atoms with Crippen LogP contribution in [-0.4, -0.2) is 33.6 Å². The Balaban J connectivity index is 1.96. The fourth-order valence-electron chi connectivity index (χ4n) is 3.07. The van der Waals surface area contributed by atoms with E-state index in [1.807, 2.05) is 12.1 Å². The molecule has 2 fully saturated rings. The SMILES string of the molecule is CC1CCN(c2ccccc2S(=O)(=O)NC2CC2)C1CN. The van der Waals surface area contributed by atoms with Crippen LogP contribution in [0.1, 0.15) is 26.2 Å². The quantitative estimate of drug-likeness (QED) is 0.860. The topological polar surface area (TPSA) is 75.4 Å². The summed E-state index contributed by atoms with van der Waals surface area (Å²) in [5.41, 5.74) is 6.68. The van der Waals surface area contributed by atoms with Gasteiger partial charge in [0.1, 0.15) is 4.90 Å². The van der Waals surface area contributed by atoms with Gasteiger partial charge in [0.2, 0.25) is 10.0 Å². The first-order chi connectivity index (χ1) is 10.0. The van der Waals surface area contributed by atoms with Crippen LogP contribution in [0.25, 0.3) is 0 Å². The van der Waals surface area contributed by atoms with Crippen molar-refractivity contribution in [1.82, 2.24) is 4.72 Å². The van der Waals surface area contributed by atoms with Gasteiger partial charge in [0.15, 0.2) is 0 Å². The van der Waals surface area contributed by atoms with Gasteiger partial charge >= 0.3 is 0 Å². The maximum atomic E-state index is 12.6. The predicted octanol–water partition coefficient (Wildman–Crippen LogP) is 1.30. The van der Waals surface area contributed by atoms with Gasteiger partial charge in [0.25, 0.3) is 0 Å². The smallest absolute Gasteiger partial charge is 0.242 e. The van der Waals surface area contributed by atoms with Gasteiger partial charge in [0, 0.05) is 25.2 Å². The summed E-state index contributed by atoms with van der Waals surface area (Å²) in [6, 6.07) is 7.58. The van der Waals surface area contributed by atoms with E-state index in [-0.39, 0.29) is 12.1 Å². The molecule has 3 N–H and O–H groups in total. The van der Waals surface area contributed by atoms with Crippen LogP contribution in [0.2, 0.25) is 0 Å². The molecule has 1 saturated carbocycles. The van der Waals surface area contributed by atoms with Crippen molar-refractivity contribution in [2.45, 2.75) is 43.2 Å². The molecule has 6 heteroatoms. The molecule has 0 aromatic heterocycles. The van der Waals surface area contributed by atoms with Gasteiger partial charge in [-0.1, -0.05) is 19.1 Å². The molecule has 21 heavy (non-hydrogen) atoms. The minimum atomic E-state index is -3.45. The number of hydrogen-bond acceptors (Lipinski definition) is 4. The van der Waals surface area contributed by atoms with Crippen molar-refractivity contribution >= 4 is 15.7 Å². The Bertz CT molecular complexity index is 613. The van der Waals surface area contributed by atoms with E-state index < -0.39 is 10.0 Å². The lowest BCUT2D eigenvalue weighted by Gasteiger charge is -2.29. The van der Waals surface area contributed by atoms with Crippen molar-refractivity contribution in [2.24, 2.45) is 11.7 Å². The zero-order chi connectivity index (χ0) is 15.0. The van der Waals surface area contributed by atoms with Gasteiger partial charge in [-0.3, -0.25) is 0 Å². The van der Waals surface area contributed by atoms with Crippen LogP contribution >= 0.6 is 0 Å². The van der Waals surface area contributed by atoms with Crippen molar-refractivity contribution in [1.29, 1.82) is 0 Å². The average Bonchev–Trinajstić information content (AvgIpc) is 3.18. The van der Waals surface area contributed by atoms with E-state index >= 15 is 0 Å². The van der Waals surface area contributed by atoms with Crippen LogP contribution in [0, 0.1) is 5.92 Å². The van der Waals surface area contributed by atoms with Crippen LogP contribution in [0.3, 0.4) is 0 Å². The molecular weight excluding hydrogens is 286 g/mol. The number of nitrogens with two attached hydrogens (primary N) is 1. The molecule has 116 valence electrons. The van der Waals surface area contributed by atoms with Crippen molar-refractivity contribution in [2.75, 3.05) is 18.0 Å². The zero-order valence-electron chi connectivity index (χ0n) is 12.3. The van der Waals surface area contributed by atoms with Crippen LogP contribution in [0.4, 0.5) is 5.69 Å². The minimum Gasteiger partial charge on any atom is -0.366 e. The molecule has 0 radical (unpaired) electrons. The van der Waals surface area contributed by atoms with Crippen LogP contribution in [-0.2, 0) is 10.0 Å². The number of anilines is 1. The van der Waals surface area contributed by atoms with Crippen LogP contribution < -0.4 is 15.4 Å². The molecule has 0 spiro atoms. The lowest BCUT2D eigenvalue weighted by Crippen LogP contribution is -2.39. The van der Waals surface area contributed by atoms with Gasteiger partial charge < -0.3 is 10.6 Å².